The van der Waals surface area contributed by atoms with Crippen LogP contribution < -0.4 is 0 Å². The van der Waals surface area contributed by atoms with E-state index < -0.39 is 0 Å². The van der Waals surface area contributed by atoms with E-state index in [1.807, 2.05) is 0 Å². The Hall–Kier alpha value is -2.74. The molecule has 0 saturated carbocycles. The van der Waals surface area contributed by atoms with Crippen molar-refractivity contribution in [2.45, 2.75) is 12.6 Å². The first-order valence-corrected chi connectivity index (χ1v) is 8.19. The first-order chi connectivity index (χ1) is 11.4. The molecule has 3 aromatic rings. The average molecular weight is 298 g/mol. The molecular weight excluding hydrogens is 280 g/mol. The Morgan fingerprint density at radius 3 is 2.52 bits per heavy atom. The minimum atomic E-state index is 0.315. The van der Waals surface area contributed by atoms with Gasteiger partial charge in [-0.2, -0.15) is 0 Å². The van der Waals surface area contributed by atoms with Crippen LogP contribution in [0.15, 0.2) is 72.9 Å². The predicted molar refractivity (Wildman–Crippen MR) is 93.7 cm³/mol. The third-order valence-electron chi connectivity index (χ3n) is 5.00. The largest absolute Gasteiger partial charge is 0.357 e. The van der Waals surface area contributed by atoms with E-state index >= 15 is 0 Å². The molecule has 2 aliphatic heterocycles. The molecule has 0 fully saturated rings. The van der Waals surface area contributed by atoms with Crippen LogP contribution in [0.5, 0.6) is 0 Å². The molecular formula is C21H18N2. The number of benzene rings is 2. The molecule has 112 valence electrons. The summed E-state index contributed by atoms with van der Waals surface area (Å²) >= 11 is 0. The zero-order valence-electron chi connectivity index (χ0n) is 12.9. The molecule has 2 heteroatoms. The second kappa shape index (κ2) is 4.88. The lowest BCUT2D eigenvalue weighted by Gasteiger charge is -2.43. The maximum atomic E-state index is 2.56. The van der Waals surface area contributed by atoms with Gasteiger partial charge in [-0.05, 0) is 34.9 Å². The van der Waals surface area contributed by atoms with Crippen molar-refractivity contribution in [3.05, 3.63) is 95.3 Å². The number of nitrogens with zero attached hydrogens (tertiary/aromatic N) is 2. The zero-order chi connectivity index (χ0) is 15.2. The van der Waals surface area contributed by atoms with Crippen molar-refractivity contribution in [3.63, 3.8) is 0 Å². The first kappa shape index (κ1) is 12.8. The van der Waals surface area contributed by atoms with Crippen LogP contribution in [0.3, 0.4) is 0 Å². The summed E-state index contributed by atoms with van der Waals surface area (Å²) in [5.41, 5.74) is 6.77. The van der Waals surface area contributed by atoms with E-state index in [0.29, 0.717) is 6.04 Å². The summed E-state index contributed by atoms with van der Waals surface area (Å²) < 4.78 is 2.39. The van der Waals surface area contributed by atoms with Crippen molar-refractivity contribution in [3.8, 4) is 0 Å². The lowest BCUT2D eigenvalue weighted by atomic mass is 9.89. The monoisotopic (exact) mass is 298 g/mol. The molecule has 0 radical (unpaired) electrons. The summed E-state index contributed by atoms with van der Waals surface area (Å²) in [4.78, 5) is 2.56. The van der Waals surface area contributed by atoms with Gasteiger partial charge in [-0.3, -0.25) is 0 Å². The molecule has 1 atom stereocenters. The molecule has 1 unspecified atom stereocenters. The van der Waals surface area contributed by atoms with E-state index in [0.717, 1.165) is 13.1 Å². The van der Waals surface area contributed by atoms with E-state index in [1.54, 1.807) is 0 Å². The van der Waals surface area contributed by atoms with E-state index in [2.05, 4.69) is 88.5 Å². The van der Waals surface area contributed by atoms with Crippen molar-refractivity contribution >= 4 is 11.8 Å². The highest BCUT2D eigenvalue weighted by molar-refractivity contribution is 5.84. The Morgan fingerprint density at radius 2 is 1.61 bits per heavy atom. The highest BCUT2D eigenvalue weighted by Crippen LogP contribution is 2.43. The lowest BCUT2D eigenvalue weighted by molar-refractivity contribution is 0.272. The summed E-state index contributed by atoms with van der Waals surface area (Å²) in [6.45, 7) is 2.09. The molecule has 2 nitrogen and oxygen atoms in total. The van der Waals surface area contributed by atoms with Gasteiger partial charge in [0, 0.05) is 30.7 Å². The molecule has 2 aromatic carbocycles. The normalized spacial score (nSPS) is 18.7. The molecule has 0 amide bonds. The van der Waals surface area contributed by atoms with Gasteiger partial charge in [0.2, 0.25) is 0 Å². The minimum Gasteiger partial charge on any atom is -0.357 e. The lowest BCUT2D eigenvalue weighted by Crippen LogP contribution is -2.39. The molecule has 0 N–H and O–H groups in total. The fraction of sp³-hybridized carbons (Fsp3) is 0.143. The minimum absolute atomic E-state index is 0.315. The smallest absolute Gasteiger partial charge is 0.0952 e. The van der Waals surface area contributed by atoms with Crippen LogP contribution in [0.2, 0.25) is 0 Å². The van der Waals surface area contributed by atoms with E-state index in [9.17, 15) is 0 Å². The first-order valence-electron chi connectivity index (χ1n) is 8.19. The molecule has 5 rings (SSSR count). The van der Waals surface area contributed by atoms with Crippen LogP contribution >= 0.6 is 0 Å². The number of aromatic nitrogens is 1. The van der Waals surface area contributed by atoms with Crippen LogP contribution in [0.4, 0.5) is 0 Å². The molecule has 23 heavy (non-hydrogen) atoms. The van der Waals surface area contributed by atoms with Crippen molar-refractivity contribution in [2.75, 3.05) is 6.54 Å². The molecule has 0 saturated heterocycles. The Balaban J connectivity index is 1.75. The Bertz CT molecular complexity index is 889. The summed E-state index contributed by atoms with van der Waals surface area (Å²) in [5, 5.41) is 0. The molecule has 0 spiro atoms. The van der Waals surface area contributed by atoms with E-state index in [1.165, 1.54) is 28.1 Å². The van der Waals surface area contributed by atoms with E-state index in [-0.39, 0.29) is 0 Å². The van der Waals surface area contributed by atoms with Gasteiger partial charge in [-0.1, -0.05) is 54.6 Å². The standard InChI is InChI=1S/C21H18N2/c1-2-7-16(8-3-1)20-15-17-9-4-5-10-18(17)21-19-11-6-12-22(19)13-14-23(20)21/h1-12,15,21H,13-14H2. The van der Waals surface area contributed by atoms with Gasteiger partial charge < -0.3 is 9.47 Å². The number of fused-ring (bicyclic) bond motifs is 5. The third kappa shape index (κ3) is 1.88. The molecule has 1 aromatic heterocycles. The van der Waals surface area contributed by atoms with Crippen molar-refractivity contribution < 1.29 is 0 Å². The second-order valence-corrected chi connectivity index (χ2v) is 6.25. The van der Waals surface area contributed by atoms with Crippen LogP contribution in [0.25, 0.3) is 11.8 Å². The van der Waals surface area contributed by atoms with Gasteiger partial charge in [-0.15, -0.1) is 0 Å². The predicted octanol–water partition coefficient (Wildman–Crippen LogP) is 4.40. The average Bonchev–Trinajstić information content (AvgIpc) is 3.10. The topological polar surface area (TPSA) is 8.17 Å². The second-order valence-electron chi connectivity index (χ2n) is 6.25. The molecule has 2 aliphatic rings. The highest BCUT2D eigenvalue weighted by Gasteiger charge is 2.34. The quantitative estimate of drug-likeness (QED) is 0.646. The molecule has 0 bridgehead atoms. The van der Waals surface area contributed by atoms with Crippen LogP contribution in [0, 0.1) is 0 Å². The molecule has 0 aliphatic carbocycles. The third-order valence-corrected chi connectivity index (χ3v) is 5.00. The Kier molecular flexibility index (Phi) is 2.71. The zero-order valence-corrected chi connectivity index (χ0v) is 12.9. The number of hydrogen-bond acceptors (Lipinski definition) is 1. The van der Waals surface area contributed by atoms with Gasteiger partial charge in [0.25, 0.3) is 0 Å². The highest BCUT2D eigenvalue weighted by atomic mass is 15.2. The van der Waals surface area contributed by atoms with Gasteiger partial charge in [0.05, 0.1) is 6.04 Å². The fourth-order valence-electron chi connectivity index (χ4n) is 3.95. The summed E-state index contributed by atoms with van der Waals surface area (Å²) in [5.74, 6) is 0. The van der Waals surface area contributed by atoms with Crippen LogP contribution in [0.1, 0.15) is 28.4 Å². The number of hydrogen-bond donors (Lipinski definition) is 0. The van der Waals surface area contributed by atoms with Crippen LogP contribution in [-0.2, 0) is 6.54 Å². The maximum Gasteiger partial charge on any atom is 0.0952 e. The van der Waals surface area contributed by atoms with Gasteiger partial charge in [-0.25, -0.2) is 0 Å². The Labute approximate surface area is 136 Å². The Morgan fingerprint density at radius 1 is 0.783 bits per heavy atom. The van der Waals surface area contributed by atoms with E-state index in [4.69, 9.17) is 0 Å². The summed E-state index contributed by atoms with van der Waals surface area (Å²) in [6.07, 6.45) is 4.55. The SMILES string of the molecule is C1=C(c2ccccc2)N2CCn3cccc3C2c2ccccc21. The van der Waals surface area contributed by atoms with Gasteiger partial charge >= 0.3 is 0 Å². The summed E-state index contributed by atoms with van der Waals surface area (Å²) in [6, 6.07) is 24.3. The summed E-state index contributed by atoms with van der Waals surface area (Å²) in [7, 11) is 0. The van der Waals surface area contributed by atoms with Crippen LogP contribution in [-0.4, -0.2) is 16.0 Å². The van der Waals surface area contributed by atoms with Crippen molar-refractivity contribution in [1.29, 1.82) is 0 Å². The van der Waals surface area contributed by atoms with Gasteiger partial charge in [0.1, 0.15) is 0 Å². The van der Waals surface area contributed by atoms with Gasteiger partial charge in [0.15, 0.2) is 0 Å². The number of rotatable bonds is 1. The molecule has 3 heterocycles. The maximum absolute atomic E-state index is 2.56. The van der Waals surface area contributed by atoms with Crippen molar-refractivity contribution in [1.82, 2.24) is 9.47 Å². The fourth-order valence-corrected chi connectivity index (χ4v) is 3.95. The van der Waals surface area contributed by atoms with Crippen molar-refractivity contribution in [2.24, 2.45) is 0 Å².